The third-order valence-electron chi connectivity index (χ3n) is 5.00. The molecule has 0 aliphatic heterocycles. The first-order valence-electron chi connectivity index (χ1n) is 9.54. The highest BCUT2D eigenvalue weighted by molar-refractivity contribution is 7.09. The Bertz CT molecular complexity index is 1470. The van der Waals surface area contributed by atoms with Crippen molar-refractivity contribution in [1.29, 1.82) is 0 Å². The van der Waals surface area contributed by atoms with Crippen LogP contribution in [0.2, 0.25) is 0 Å². The van der Waals surface area contributed by atoms with Gasteiger partial charge in [-0.05, 0) is 18.9 Å². The van der Waals surface area contributed by atoms with Gasteiger partial charge in [0.25, 0.3) is 0 Å². The van der Waals surface area contributed by atoms with Gasteiger partial charge in [0.05, 0.1) is 36.3 Å². The molecule has 5 heterocycles. The first kappa shape index (κ1) is 19.1. The van der Waals surface area contributed by atoms with E-state index in [0.717, 1.165) is 44.4 Å². The molecule has 0 fully saturated rings. The number of aryl methyl sites for hydroxylation is 2. The second-order valence-corrected chi connectivity index (χ2v) is 8.14. The van der Waals surface area contributed by atoms with Crippen LogP contribution in [0.15, 0.2) is 42.4 Å². The third kappa shape index (κ3) is 3.37. The molecule has 0 aromatic carbocycles. The van der Waals surface area contributed by atoms with Crippen molar-refractivity contribution >= 4 is 16.9 Å². The number of aromatic nitrogens is 7. The third-order valence-corrected chi connectivity index (χ3v) is 5.77. The normalized spacial score (nSPS) is 11.0. The Morgan fingerprint density at radius 3 is 2.61 bits per heavy atom. The van der Waals surface area contributed by atoms with E-state index < -0.39 is 0 Å². The minimum Gasteiger partial charge on any atom is -0.494 e. The number of hydrogen-bond donors (Lipinski definition) is 0. The van der Waals surface area contributed by atoms with Crippen molar-refractivity contribution < 1.29 is 4.74 Å². The summed E-state index contributed by atoms with van der Waals surface area (Å²) in [5.41, 5.74) is 5.21. The average molecular weight is 430 g/mol. The molecule has 9 heteroatoms. The maximum Gasteiger partial charge on any atom is 0.160 e. The van der Waals surface area contributed by atoms with Gasteiger partial charge < -0.3 is 9.30 Å². The zero-order valence-corrected chi connectivity index (χ0v) is 18.3. The van der Waals surface area contributed by atoms with Crippen molar-refractivity contribution in [3.63, 3.8) is 0 Å². The fourth-order valence-corrected chi connectivity index (χ4v) is 4.01. The first-order chi connectivity index (χ1) is 15.0. The van der Waals surface area contributed by atoms with Crippen LogP contribution in [-0.2, 0) is 14.1 Å². The first-order valence-corrected chi connectivity index (χ1v) is 10.4. The number of pyridine rings is 1. The van der Waals surface area contributed by atoms with Crippen molar-refractivity contribution in [1.82, 2.24) is 33.9 Å². The van der Waals surface area contributed by atoms with Crippen LogP contribution < -0.4 is 4.74 Å². The van der Waals surface area contributed by atoms with Crippen molar-refractivity contribution in [3.8, 4) is 40.2 Å². The molecule has 31 heavy (non-hydrogen) atoms. The van der Waals surface area contributed by atoms with Crippen LogP contribution in [0.25, 0.3) is 28.2 Å². The van der Waals surface area contributed by atoms with Gasteiger partial charge in [-0.25, -0.2) is 14.5 Å². The molecule has 8 nitrogen and oxygen atoms in total. The molecule has 5 aromatic heterocycles. The SMILES string of the molecule is COc1cc(-c2cnn(C)c2)cn2ncc(C#Cc3cnc(-c4csc(C)n4)n3C)c12. The summed E-state index contributed by atoms with van der Waals surface area (Å²) in [6.45, 7) is 1.98. The lowest BCUT2D eigenvalue weighted by atomic mass is 10.1. The number of methoxy groups -OCH3 is 1. The molecular formula is C22H19N7OS. The number of hydrogen-bond acceptors (Lipinski definition) is 6. The number of nitrogens with zero attached hydrogens (tertiary/aromatic N) is 7. The van der Waals surface area contributed by atoms with Gasteiger partial charge in [0.1, 0.15) is 22.7 Å². The Balaban J connectivity index is 1.54. The van der Waals surface area contributed by atoms with E-state index in [2.05, 4.69) is 32.0 Å². The highest BCUT2D eigenvalue weighted by Gasteiger charge is 2.13. The summed E-state index contributed by atoms with van der Waals surface area (Å²) in [6.07, 6.45) is 9.23. The highest BCUT2D eigenvalue weighted by Crippen LogP contribution is 2.29. The lowest BCUT2D eigenvalue weighted by Gasteiger charge is -2.06. The lowest BCUT2D eigenvalue weighted by Crippen LogP contribution is -1.96. The second kappa shape index (κ2) is 7.41. The Kier molecular flexibility index (Phi) is 4.56. The Morgan fingerprint density at radius 2 is 1.90 bits per heavy atom. The van der Waals surface area contributed by atoms with Gasteiger partial charge in [0.2, 0.25) is 0 Å². The van der Waals surface area contributed by atoms with Gasteiger partial charge in [-0.1, -0.05) is 5.92 Å². The van der Waals surface area contributed by atoms with Gasteiger partial charge in [-0.2, -0.15) is 10.2 Å². The van der Waals surface area contributed by atoms with Crippen LogP contribution in [-0.4, -0.2) is 41.0 Å². The highest BCUT2D eigenvalue weighted by atomic mass is 32.1. The van der Waals surface area contributed by atoms with Crippen LogP contribution in [0.3, 0.4) is 0 Å². The predicted octanol–water partition coefficient (Wildman–Crippen LogP) is 3.31. The molecule has 0 spiro atoms. The van der Waals surface area contributed by atoms with Crippen LogP contribution in [0.4, 0.5) is 0 Å². The monoisotopic (exact) mass is 429 g/mol. The number of thiazole rings is 1. The van der Waals surface area contributed by atoms with Gasteiger partial charge in [0, 0.05) is 43.0 Å². The number of rotatable bonds is 3. The Morgan fingerprint density at radius 1 is 1.03 bits per heavy atom. The molecule has 0 amide bonds. The van der Waals surface area contributed by atoms with E-state index in [1.165, 1.54) is 0 Å². The quantitative estimate of drug-likeness (QED) is 0.412. The molecule has 5 rings (SSSR count). The summed E-state index contributed by atoms with van der Waals surface area (Å²) in [5.74, 6) is 7.93. The standard InChI is InChI=1S/C22H19N7OS/c1-14-26-19(13-31-14)22-23-10-18(28(22)3)6-5-15-8-25-29-12-16(7-20(30-4)21(15)29)17-9-24-27(2)11-17/h7-13H,1-4H3. The summed E-state index contributed by atoms with van der Waals surface area (Å²) in [6, 6.07) is 1.98. The van der Waals surface area contributed by atoms with Crippen LogP contribution in [0.1, 0.15) is 16.3 Å². The molecule has 0 saturated heterocycles. The van der Waals surface area contributed by atoms with Crippen molar-refractivity contribution in [2.45, 2.75) is 6.92 Å². The molecule has 0 unspecified atom stereocenters. The number of fused-ring (bicyclic) bond motifs is 1. The smallest absolute Gasteiger partial charge is 0.160 e. The molecule has 0 saturated carbocycles. The van der Waals surface area contributed by atoms with E-state index in [4.69, 9.17) is 4.74 Å². The fraction of sp³-hybridized carbons (Fsp3) is 0.182. The zero-order chi connectivity index (χ0) is 21.5. The van der Waals surface area contributed by atoms with Crippen molar-refractivity contribution in [2.75, 3.05) is 7.11 Å². The Hall–Kier alpha value is -3.90. The summed E-state index contributed by atoms with van der Waals surface area (Å²) in [5, 5.41) is 11.7. The van der Waals surface area contributed by atoms with Crippen molar-refractivity contribution in [3.05, 3.63) is 58.7 Å². The van der Waals surface area contributed by atoms with Gasteiger partial charge in [-0.3, -0.25) is 4.68 Å². The Labute approximate surface area is 182 Å². The minimum atomic E-state index is 0.701. The second-order valence-electron chi connectivity index (χ2n) is 7.08. The molecule has 0 radical (unpaired) electrons. The maximum absolute atomic E-state index is 5.65. The maximum atomic E-state index is 5.65. The van der Waals surface area contributed by atoms with Gasteiger partial charge in [0.15, 0.2) is 5.82 Å². The molecule has 5 aromatic rings. The van der Waals surface area contributed by atoms with E-state index in [1.54, 1.807) is 40.0 Å². The lowest BCUT2D eigenvalue weighted by molar-refractivity contribution is 0.417. The average Bonchev–Trinajstić information content (AvgIpc) is 3.54. The van der Waals surface area contributed by atoms with E-state index in [9.17, 15) is 0 Å². The topological polar surface area (TPSA) is 75.1 Å². The van der Waals surface area contributed by atoms with Crippen molar-refractivity contribution in [2.24, 2.45) is 14.1 Å². The summed E-state index contributed by atoms with van der Waals surface area (Å²) in [4.78, 5) is 9.01. The minimum absolute atomic E-state index is 0.701. The van der Waals surface area contributed by atoms with Crippen LogP contribution in [0, 0.1) is 18.8 Å². The van der Waals surface area contributed by atoms with Crippen LogP contribution in [0.5, 0.6) is 5.75 Å². The summed E-state index contributed by atoms with van der Waals surface area (Å²) in [7, 11) is 5.48. The molecule has 0 N–H and O–H groups in total. The molecular weight excluding hydrogens is 410 g/mol. The number of imidazole rings is 1. The fourth-order valence-electron chi connectivity index (χ4n) is 3.42. The molecule has 0 bridgehead atoms. The molecule has 0 aliphatic rings. The van der Waals surface area contributed by atoms with E-state index in [0.29, 0.717) is 5.75 Å². The van der Waals surface area contributed by atoms with Crippen LogP contribution >= 0.6 is 11.3 Å². The molecule has 154 valence electrons. The van der Waals surface area contributed by atoms with E-state index in [-0.39, 0.29) is 0 Å². The van der Waals surface area contributed by atoms with Gasteiger partial charge >= 0.3 is 0 Å². The predicted molar refractivity (Wildman–Crippen MR) is 119 cm³/mol. The van der Waals surface area contributed by atoms with E-state index in [1.807, 2.05) is 55.6 Å². The summed E-state index contributed by atoms with van der Waals surface area (Å²) >= 11 is 1.60. The molecule has 0 aliphatic carbocycles. The zero-order valence-electron chi connectivity index (χ0n) is 17.5. The number of ether oxygens (including phenoxy) is 1. The van der Waals surface area contributed by atoms with Gasteiger partial charge in [-0.15, -0.1) is 11.3 Å². The molecule has 0 atom stereocenters. The largest absolute Gasteiger partial charge is 0.494 e. The summed E-state index contributed by atoms with van der Waals surface area (Å²) < 4.78 is 11.2. The van der Waals surface area contributed by atoms with E-state index >= 15 is 0 Å².